The van der Waals surface area contributed by atoms with Gasteiger partial charge in [0.2, 0.25) is 0 Å². The van der Waals surface area contributed by atoms with Crippen LogP contribution in [0.5, 0.6) is 0 Å². The van der Waals surface area contributed by atoms with E-state index in [9.17, 15) is 22.8 Å². The number of hydrogen-bond acceptors (Lipinski definition) is 6. The van der Waals surface area contributed by atoms with E-state index in [2.05, 4.69) is 10.6 Å². The molecule has 1 fully saturated rings. The van der Waals surface area contributed by atoms with Gasteiger partial charge in [0.1, 0.15) is 6.04 Å². The predicted molar refractivity (Wildman–Crippen MR) is 103 cm³/mol. The van der Waals surface area contributed by atoms with E-state index in [1.54, 1.807) is 39.0 Å². The van der Waals surface area contributed by atoms with Gasteiger partial charge in [-0.3, -0.25) is 9.59 Å². The molecule has 1 aromatic carbocycles. The first-order valence-corrected chi connectivity index (χ1v) is 10.9. The summed E-state index contributed by atoms with van der Waals surface area (Å²) in [5, 5.41) is 5.21. The van der Waals surface area contributed by atoms with Gasteiger partial charge in [-0.15, -0.1) is 0 Å². The Bertz CT molecular complexity index is 850. The van der Waals surface area contributed by atoms with Crippen molar-refractivity contribution in [3.05, 3.63) is 35.4 Å². The van der Waals surface area contributed by atoms with Gasteiger partial charge in [-0.1, -0.05) is 32.0 Å². The largest absolute Gasteiger partial charge is 0.454 e. The molecule has 0 spiro atoms. The average Bonchev–Trinajstić information content (AvgIpc) is 2.95. The van der Waals surface area contributed by atoms with Crippen LogP contribution in [0.25, 0.3) is 0 Å². The summed E-state index contributed by atoms with van der Waals surface area (Å²) >= 11 is 0. The monoisotopic (exact) mass is 410 g/mol. The van der Waals surface area contributed by atoms with Gasteiger partial charge in [-0.05, 0) is 30.9 Å². The molecule has 1 aliphatic heterocycles. The molecule has 0 radical (unpaired) electrons. The van der Waals surface area contributed by atoms with Crippen molar-refractivity contribution in [2.24, 2.45) is 5.92 Å². The van der Waals surface area contributed by atoms with E-state index in [0.29, 0.717) is 12.0 Å². The topological polar surface area (TPSA) is 119 Å². The lowest BCUT2D eigenvalue weighted by Crippen LogP contribution is -2.46. The number of amides is 2. The fraction of sp³-hybridized carbons (Fsp3) is 0.526. The third kappa shape index (κ3) is 6.05. The van der Waals surface area contributed by atoms with E-state index >= 15 is 0 Å². The number of ether oxygens (including phenoxy) is 1. The molecule has 1 aromatic rings. The molecule has 1 aliphatic rings. The van der Waals surface area contributed by atoms with Crippen LogP contribution in [-0.2, 0) is 24.2 Å². The molecule has 0 aromatic heterocycles. The zero-order valence-corrected chi connectivity index (χ0v) is 17.0. The highest BCUT2D eigenvalue weighted by Crippen LogP contribution is 2.12. The number of aryl methyl sites for hydroxylation is 1. The molecule has 0 saturated carbocycles. The van der Waals surface area contributed by atoms with Crippen molar-refractivity contribution in [1.29, 1.82) is 0 Å². The summed E-state index contributed by atoms with van der Waals surface area (Å²) in [5.41, 5.74) is 1.24. The van der Waals surface area contributed by atoms with E-state index < -0.39 is 46.3 Å². The number of nitrogens with one attached hydrogen (secondary N) is 2. The fourth-order valence-electron chi connectivity index (χ4n) is 2.95. The van der Waals surface area contributed by atoms with Gasteiger partial charge in [-0.2, -0.15) is 0 Å². The minimum Gasteiger partial charge on any atom is -0.454 e. The van der Waals surface area contributed by atoms with Crippen LogP contribution >= 0.6 is 0 Å². The summed E-state index contributed by atoms with van der Waals surface area (Å²) in [7, 11) is -3.11. The van der Waals surface area contributed by atoms with Gasteiger partial charge in [0.25, 0.3) is 11.8 Å². The minimum atomic E-state index is -3.11. The Morgan fingerprint density at radius 2 is 1.89 bits per heavy atom. The van der Waals surface area contributed by atoms with Gasteiger partial charge in [0.15, 0.2) is 16.4 Å². The Morgan fingerprint density at radius 1 is 1.21 bits per heavy atom. The quantitative estimate of drug-likeness (QED) is 0.636. The van der Waals surface area contributed by atoms with Gasteiger partial charge in [0.05, 0.1) is 11.5 Å². The maximum atomic E-state index is 12.5. The van der Waals surface area contributed by atoms with Gasteiger partial charge >= 0.3 is 5.97 Å². The highest BCUT2D eigenvalue weighted by Gasteiger charge is 2.30. The maximum Gasteiger partial charge on any atom is 0.329 e. The van der Waals surface area contributed by atoms with E-state index in [4.69, 9.17) is 4.74 Å². The van der Waals surface area contributed by atoms with Crippen molar-refractivity contribution >= 4 is 27.6 Å². The van der Waals surface area contributed by atoms with Gasteiger partial charge < -0.3 is 15.4 Å². The maximum absolute atomic E-state index is 12.5. The summed E-state index contributed by atoms with van der Waals surface area (Å²) < 4.78 is 27.9. The minimum absolute atomic E-state index is 0.0398. The van der Waals surface area contributed by atoms with Crippen LogP contribution in [0.4, 0.5) is 0 Å². The Kier molecular flexibility index (Phi) is 7.17. The normalized spacial score (nSPS) is 19.1. The predicted octanol–water partition coefficient (Wildman–Crippen LogP) is 0.596. The fourth-order valence-corrected chi connectivity index (χ4v) is 4.62. The lowest BCUT2D eigenvalue weighted by Gasteiger charge is -2.21. The molecule has 154 valence electrons. The molecule has 9 heteroatoms. The van der Waals surface area contributed by atoms with Gasteiger partial charge in [0, 0.05) is 11.6 Å². The molecule has 2 rings (SSSR count). The molecule has 2 atom stereocenters. The van der Waals surface area contributed by atoms with E-state index in [0.717, 1.165) is 5.56 Å². The van der Waals surface area contributed by atoms with Crippen molar-refractivity contribution in [2.75, 3.05) is 18.1 Å². The second kappa shape index (κ2) is 9.18. The molecule has 1 saturated heterocycles. The number of sulfone groups is 1. The van der Waals surface area contributed by atoms with Gasteiger partial charge in [-0.25, -0.2) is 13.2 Å². The zero-order valence-electron chi connectivity index (χ0n) is 16.2. The molecule has 8 nitrogen and oxygen atoms in total. The molecule has 0 aliphatic carbocycles. The van der Waals surface area contributed by atoms with Crippen LogP contribution in [0.3, 0.4) is 0 Å². The Balaban J connectivity index is 1.89. The second-order valence-corrected chi connectivity index (χ2v) is 9.51. The summed E-state index contributed by atoms with van der Waals surface area (Å²) in [5.74, 6) is -1.99. The Labute approximate surface area is 164 Å². The summed E-state index contributed by atoms with van der Waals surface area (Å²) in [4.78, 5) is 36.8. The van der Waals surface area contributed by atoms with Crippen LogP contribution in [0, 0.1) is 12.8 Å². The van der Waals surface area contributed by atoms with Crippen LogP contribution in [-0.4, -0.2) is 56.4 Å². The first kappa shape index (κ1) is 21.9. The van der Waals surface area contributed by atoms with E-state index in [1.807, 2.05) is 6.07 Å². The standard InChI is InChI=1S/C19H26N2O6S/c1-12(2)17(21-18(23)15-7-5-4-6-13(15)3)19(24)27-10-16(22)20-14-8-9-28(25,26)11-14/h4-7,12,14,17H,8-11H2,1-3H3,(H,20,22)(H,21,23)/t14-,17-/m0/s1. The molecule has 0 unspecified atom stereocenters. The molecular formula is C19H26N2O6S. The number of carbonyl (C=O) groups is 3. The van der Waals surface area contributed by atoms with Crippen molar-refractivity contribution in [1.82, 2.24) is 10.6 Å². The molecule has 2 N–H and O–H groups in total. The summed E-state index contributed by atoms with van der Waals surface area (Å²) in [6, 6.07) is 5.64. The molecular weight excluding hydrogens is 384 g/mol. The second-order valence-electron chi connectivity index (χ2n) is 7.29. The lowest BCUT2D eigenvalue weighted by atomic mass is 10.0. The van der Waals surface area contributed by atoms with Crippen molar-refractivity contribution in [3.8, 4) is 0 Å². The van der Waals surface area contributed by atoms with Crippen LogP contribution in [0.2, 0.25) is 0 Å². The summed E-state index contributed by atoms with van der Waals surface area (Å²) in [6.07, 6.45) is 0.350. The number of rotatable bonds is 7. The van der Waals surface area contributed by atoms with Crippen LogP contribution in [0.1, 0.15) is 36.2 Å². The van der Waals surface area contributed by atoms with Crippen LogP contribution in [0.15, 0.2) is 24.3 Å². The molecule has 0 bridgehead atoms. The van der Waals surface area contributed by atoms with Crippen molar-refractivity contribution in [2.45, 2.75) is 39.3 Å². The molecule has 1 heterocycles. The third-order valence-corrected chi connectivity index (χ3v) is 6.31. The molecule has 28 heavy (non-hydrogen) atoms. The number of carbonyl (C=O) groups excluding carboxylic acids is 3. The zero-order chi connectivity index (χ0) is 20.9. The lowest BCUT2D eigenvalue weighted by molar-refractivity contribution is -0.151. The number of hydrogen-bond donors (Lipinski definition) is 2. The third-order valence-electron chi connectivity index (χ3n) is 4.54. The SMILES string of the molecule is Cc1ccccc1C(=O)N[C@H](C(=O)OCC(=O)N[C@H]1CCS(=O)(=O)C1)C(C)C. The first-order valence-electron chi connectivity index (χ1n) is 9.12. The number of esters is 1. The Morgan fingerprint density at radius 3 is 2.46 bits per heavy atom. The Hall–Kier alpha value is -2.42. The number of benzene rings is 1. The van der Waals surface area contributed by atoms with E-state index in [-0.39, 0.29) is 17.4 Å². The van der Waals surface area contributed by atoms with E-state index in [1.165, 1.54) is 0 Å². The summed E-state index contributed by atoms with van der Waals surface area (Å²) in [6.45, 7) is 4.78. The van der Waals surface area contributed by atoms with Crippen LogP contribution < -0.4 is 10.6 Å². The van der Waals surface area contributed by atoms with Crippen molar-refractivity contribution in [3.63, 3.8) is 0 Å². The average molecular weight is 410 g/mol. The molecule has 2 amide bonds. The highest BCUT2D eigenvalue weighted by molar-refractivity contribution is 7.91. The first-order chi connectivity index (χ1) is 13.1. The smallest absolute Gasteiger partial charge is 0.329 e. The van der Waals surface area contributed by atoms with Crippen molar-refractivity contribution < 1.29 is 27.5 Å². The highest BCUT2D eigenvalue weighted by atomic mass is 32.2.